The van der Waals surface area contributed by atoms with Gasteiger partial charge in [-0.3, -0.25) is 9.59 Å². The van der Waals surface area contributed by atoms with Gasteiger partial charge in [0.05, 0.1) is 19.1 Å². The number of allylic oxidation sites excluding steroid dienone is 2. The Morgan fingerprint density at radius 2 is 1.55 bits per heavy atom. The number of methoxy groups -OCH3 is 1. The Balaban J connectivity index is 1.49. The van der Waals surface area contributed by atoms with Crippen molar-refractivity contribution in [1.29, 1.82) is 0 Å². The molecule has 0 aliphatic carbocycles. The molecule has 0 saturated heterocycles. The van der Waals surface area contributed by atoms with Crippen LogP contribution in [-0.4, -0.2) is 32.1 Å². The number of carbonyl (C=O) groups is 2. The van der Waals surface area contributed by atoms with Crippen molar-refractivity contribution in [3.8, 4) is 16.9 Å². The van der Waals surface area contributed by atoms with Crippen molar-refractivity contribution in [2.24, 2.45) is 0 Å². The molecule has 0 saturated carbocycles. The van der Waals surface area contributed by atoms with Crippen molar-refractivity contribution >= 4 is 11.9 Å². The molecule has 8 heteroatoms. The molecule has 0 fully saturated rings. The second kappa shape index (κ2) is 14.7. The van der Waals surface area contributed by atoms with E-state index in [2.05, 4.69) is 22.7 Å². The van der Waals surface area contributed by atoms with Crippen LogP contribution in [0.1, 0.15) is 40.7 Å². The van der Waals surface area contributed by atoms with E-state index < -0.39 is 11.7 Å². The molecule has 0 atom stereocenters. The number of aryl methyl sites for hydroxylation is 1. The summed E-state index contributed by atoms with van der Waals surface area (Å²) >= 11 is 0. The van der Waals surface area contributed by atoms with E-state index in [4.69, 9.17) is 4.74 Å². The molecule has 40 heavy (non-hydrogen) atoms. The summed E-state index contributed by atoms with van der Waals surface area (Å²) in [5, 5.41) is 2.69. The van der Waals surface area contributed by atoms with Crippen molar-refractivity contribution < 1.29 is 32.2 Å². The van der Waals surface area contributed by atoms with Crippen molar-refractivity contribution in [1.82, 2.24) is 5.32 Å². The lowest BCUT2D eigenvalue weighted by Crippen LogP contribution is -2.26. The number of benzene rings is 3. The zero-order valence-electron chi connectivity index (χ0n) is 22.3. The van der Waals surface area contributed by atoms with Gasteiger partial charge >= 0.3 is 12.1 Å². The van der Waals surface area contributed by atoms with E-state index in [1.54, 1.807) is 24.3 Å². The fourth-order valence-corrected chi connectivity index (χ4v) is 3.91. The van der Waals surface area contributed by atoms with Crippen LogP contribution < -0.4 is 10.1 Å². The van der Waals surface area contributed by atoms with Gasteiger partial charge in [0.15, 0.2) is 0 Å². The van der Waals surface area contributed by atoms with Gasteiger partial charge in [-0.05, 0) is 77.9 Å². The minimum Gasteiger partial charge on any atom is -0.489 e. The van der Waals surface area contributed by atoms with Gasteiger partial charge in [0, 0.05) is 12.1 Å². The highest BCUT2D eigenvalue weighted by atomic mass is 19.4. The monoisotopic (exact) mass is 551 g/mol. The van der Waals surface area contributed by atoms with E-state index in [9.17, 15) is 22.8 Å². The quantitative estimate of drug-likeness (QED) is 0.181. The average molecular weight is 552 g/mol. The highest BCUT2D eigenvalue weighted by Gasteiger charge is 2.29. The van der Waals surface area contributed by atoms with Gasteiger partial charge in [0.25, 0.3) is 5.91 Å². The molecule has 0 radical (unpaired) electrons. The van der Waals surface area contributed by atoms with E-state index in [0.717, 1.165) is 41.7 Å². The van der Waals surface area contributed by atoms with Crippen LogP contribution in [0, 0.1) is 0 Å². The van der Waals surface area contributed by atoms with Crippen LogP contribution in [0.4, 0.5) is 13.2 Å². The van der Waals surface area contributed by atoms with E-state index >= 15 is 0 Å². The second-order valence-electron chi connectivity index (χ2n) is 9.06. The Morgan fingerprint density at radius 1 is 0.925 bits per heavy atom. The summed E-state index contributed by atoms with van der Waals surface area (Å²) in [4.78, 5) is 23.3. The topological polar surface area (TPSA) is 64.6 Å². The summed E-state index contributed by atoms with van der Waals surface area (Å²) in [6, 6.07) is 19.6. The Labute approximate surface area is 232 Å². The maximum Gasteiger partial charge on any atom is 0.416 e. The third-order valence-corrected chi connectivity index (χ3v) is 6.16. The van der Waals surface area contributed by atoms with Crippen LogP contribution in [0.3, 0.4) is 0 Å². The van der Waals surface area contributed by atoms with Crippen molar-refractivity contribution in [2.45, 2.75) is 31.9 Å². The zero-order valence-corrected chi connectivity index (χ0v) is 22.3. The summed E-state index contributed by atoms with van der Waals surface area (Å²) < 4.78 is 48.9. The molecule has 0 bridgehead atoms. The molecule has 0 aliphatic heterocycles. The van der Waals surface area contributed by atoms with Crippen LogP contribution in [0.2, 0.25) is 0 Å². The lowest BCUT2D eigenvalue weighted by Gasteiger charge is -2.11. The van der Waals surface area contributed by atoms with Gasteiger partial charge in [0.2, 0.25) is 0 Å². The number of alkyl halides is 3. The number of esters is 1. The second-order valence-corrected chi connectivity index (χ2v) is 9.06. The first-order valence-electron chi connectivity index (χ1n) is 12.8. The molecule has 1 amide bonds. The third kappa shape index (κ3) is 9.45. The number of carbonyl (C=O) groups excluding carboxylic acids is 2. The largest absolute Gasteiger partial charge is 0.489 e. The van der Waals surface area contributed by atoms with E-state index in [-0.39, 0.29) is 24.8 Å². The van der Waals surface area contributed by atoms with Gasteiger partial charge in [-0.15, -0.1) is 6.58 Å². The summed E-state index contributed by atoms with van der Waals surface area (Å²) in [5.41, 5.74) is 3.50. The smallest absolute Gasteiger partial charge is 0.416 e. The summed E-state index contributed by atoms with van der Waals surface area (Å²) in [5.74, 6) is 0.0405. The minimum atomic E-state index is -4.36. The Bertz CT molecular complexity index is 1300. The van der Waals surface area contributed by atoms with Crippen LogP contribution in [0.5, 0.6) is 5.75 Å². The van der Waals surface area contributed by atoms with Crippen molar-refractivity contribution in [2.75, 3.05) is 20.3 Å². The third-order valence-electron chi connectivity index (χ3n) is 6.16. The first kappa shape index (κ1) is 30.2. The summed E-state index contributed by atoms with van der Waals surface area (Å²) in [6.45, 7) is 4.42. The maximum absolute atomic E-state index is 12.8. The lowest BCUT2D eigenvalue weighted by molar-refractivity contribution is -0.140. The van der Waals surface area contributed by atoms with Crippen LogP contribution in [0.15, 0.2) is 97.1 Å². The molecule has 3 aromatic carbocycles. The minimum absolute atomic E-state index is 0.122. The highest BCUT2D eigenvalue weighted by Crippen LogP contribution is 2.31. The molecular formula is C32H32F3NO4. The van der Waals surface area contributed by atoms with Crippen molar-refractivity contribution in [3.63, 3.8) is 0 Å². The number of ether oxygens (including phenoxy) is 2. The number of rotatable bonds is 13. The predicted molar refractivity (Wildman–Crippen MR) is 149 cm³/mol. The molecular weight excluding hydrogens is 519 g/mol. The molecule has 0 aliphatic rings. The fourth-order valence-electron chi connectivity index (χ4n) is 3.91. The summed E-state index contributed by atoms with van der Waals surface area (Å²) in [6.07, 6.45) is 1.94. The summed E-state index contributed by atoms with van der Waals surface area (Å²) in [7, 11) is 1.31. The first-order valence-corrected chi connectivity index (χ1v) is 12.8. The first-order chi connectivity index (χ1) is 19.2. The predicted octanol–water partition coefficient (Wildman–Crippen LogP) is 7.18. The molecule has 5 nitrogen and oxygen atoms in total. The molecule has 0 spiro atoms. The highest BCUT2D eigenvalue weighted by molar-refractivity contribution is 5.94. The molecule has 3 rings (SSSR count). The van der Waals surface area contributed by atoms with Gasteiger partial charge in [-0.2, -0.15) is 13.2 Å². The number of halogens is 3. The molecule has 210 valence electrons. The normalized spacial score (nSPS) is 11.6. The molecule has 3 aromatic rings. The van der Waals surface area contributed by atoms with E-state index in [0.29, 0.717) is 29.9 Å². The van der Waals surface area contributed by atoms with Gasteiger partial charge in [-0.1, -0.05) is 48.6 Å². The molecule has 1 N–H and O–H groups in total. The average Bonchev–Trinajstić information content (AvgIpc) is 2.96. The zero-order chi connectivity index (χ0) is 29.0. The lowest BCUT2D eigenvalue weighted by atomic mass is 10.0. The van der Waals surface area contributed by atoms with Gasteiger partial charge in [-0.25, -0.2) is 0 Å². The Hall–Kier alpha value is -4.33. The molecule has 0 heterocycles. The van der Waals surface area contributed by atoms with Crippen molar-refractivity contribution in [3.05, 3.63) is 114 Å². The van der Waals surface area contributed by atoms with Crippen LogP contribution in [0.25, 0.3) is 11.1 Å². The molecule has 0 unspecified atom stereocenters. The van der Waals surface area contributed by atoms with Gasteiger partial charge < -0.3 is 14.8 Å². The number of nitrogens with one attached hydrogen (secondary N) is 1. The number of hydrogen-bond acceptors (Lipinski definition) is 4. The SMILES string of the molecule is C=CCC(=CCCc1ccc(C(=O)NCCC(=O)OC)cc1)COc1ccc(-c2ccc(C(F)(F)F)cc2)cc1. The van der Waals surface area contributed by atoms with Crippen LogP contribution >= 0.6 is 0 Å². The Morgan fingerprint density at radius 3 is 2.12 bits per heavy atom. The Kier molecular flexibility index (Phi) is 11.1. The van der Waals surface area contributed by atoms with Gasteiger partial charge in [0.1, 0.15) is 12.4 Å². The number of hydrogen-bond donors (Lipinski definition) is 1. The van der Waals surface area contributed by atoms with E-state index in [1.807, 2.05) is 30.3 Å². The maximum atomic E-state index is 12.8. The number of amides is 1. The van der Waals surface area contributed by atoms with Crippen LogP contribution in [-0.2, 0) is 22.1 Å². The molecule has 0 aromatic heterocycles. The standard InChI is InChI=1S/C32H32F3NO4/c1-3-5-24(7-4-6-23-8-10-27(11-9-23)31(38)36-21-20-30(37)39-2)22-40-29-18-14-26(15-19-29)25-12-16-28(17-13-25)32(33,34)35/h3,7-19H,1,4-6,20-22H2,2H3,(H,36,38). The fraction of sp³-hybridized carbons (Fsp3) is 0.250. The van der Waals surface area contributed by atoms with E-state index in [1.165, 1.54) is 19.2 Å².